The number of nitrogens with one attached hydrogen (secondary N) is 2. The highest BCUT2D eigenvalue weighted by molar-refractivity contribution is 7.98. The van der Waals surface area contributed by atoms with E-state index in [1.54, 1.807) is 40.7 Å². The molecule has 3 rings (SSSR count). The Kier molecular flexibility index (Phi) is 5.31. The lowest BCUT2D eigenvalue weighted by Gasteiger charge is -2.11. The van der Waals surface area contributed by atoms with Crippen molar-refractivity contribution in [2.75, 3.05) is 11.9 Å². The average Bonchev–Trinajstić information content (AvgIpc) is 3.16. The second-order valence-electron chi connectivity index (χ2n) is 5.67. The number of rotatable bonds is 4. The number of fused-ring (bicyclic) bond motifs is 1. The summed E-state index contributed by atoms with van der Waals surface area (Å²) < 4.78 is 1.61. The van der Waals surface area contributed by atoms with Crippen LogP contribution in [0.1, 0.15) is 18.2 Å². The number of aromatic nitrogens is 2. The lowest BCUT2D eigenvalue weighted by molar-refractivity contribution is -0.136. The summed E-state index contributed by atoms with van der Waals surface area (Å²) in [6.07, 6.45) is -0.725. The molecule has 0 saturated heterocycles. The average molecular weight is 381 g/mol. The molecule has 132 valence electrons. The Balaban J connectivity index is 1.86. The summed E-state index contributed by atoms with van der Waals surface area (Å²) in [6, 6.07) is 7.06. The molecule has 0 aliphatic carbocycles. The Bertz CT molecular complexity index is 804. The van der Waals surface area contributed by atoms with E-state index < -0.39 is 17.9 Å². The molecule has 1 atom stereocenters. The maximum absolute atomic E-state index is 12.2. The second-order valence-corrected chi connectivity index (χ2v) is 7.09. The quantitative estimate of drug-likeness (QED) is 0.702. The minimum Gasteiger partial charge on any atom is -0.392 e. The number of hydrogen-bond donors (Lipinski definition) is 3. The van der Waals surface area contributed by atoms with Gasteiger partial charge in [-0.05, 0) is 31.2 Å². The Hall–Kier alpha value is -2.03. The molecule has 0 unspecified atom stereocenters. The summed E-state index contributed by atoms with van der Waals surface area (Å²) >= 11 is 7.62. The first-order valence-corrected chi connectivity index (χ1v) is 9.20. The first-order valence-electron chi connectivity index (χ1n) is 7.67. The van der Waals surface area contributed by atoms with E-state index in [2.05, 4.69) is 15.7 Å². The van der Waals surface area contributed by atoms with Gasteiger partial charge in [-0.2, -0.15) is 16.9 Å². The number of aliphatic hydroxyl groups excluding tert-OH is 1. The number of anilines is 1. The number of carbonyl (C=O) groups is 2. The smallest absolute Gasteiger partial charge is 0.314 e. The summed E-state index contributed by atoms with van der Waals surface area (Å²) in [5, 5.41) is 19.4. The third-order valence-corrected chi connectivity index (χ3v) is 4.84. The van der Waals surface area contributed by atoms with Crippen molar-refractivity contribution >= 4 is 41.0 Å². The molecule has 0 saturated carbocycles. The van der Waals surface area contributed by atoms with Gasteiger partial charge in [0, 0.05) is 28.6 Å². The van der Waals surface area contributed by atoms with Crippen LogP contribution in [0.15, 0.2) is 24.3 Å². The standard InChI is InChI=1S/C16H17ClN4O3S/c1-9(22)6-18-15(23)16(24)19-14-12-7-25-8-13(12)20-21(14)11-4-2-10(17)3-5-11/h2-5,9,22H,6-8H2,1H3,(H,18,23)(H,19,24)/t9-/m1/s1. The summed E-state index contributed by atoms with van der Waals surface area (Å²) in [7, 11) is 0. The van der Waals surface area contributed by atoms with Crippen LogP contribution in [0, 0.1) is 0 Å². The largest absolute Gasteiger partial charge is 0.392 e. The Morgan fingerprint density at radius 1 is 1.32 bits per heavy atom. The Morgan fingerprint density at radius 2 is 2.04 bits per heavy atom. The third kappa shape index (κ3) is 3.97. The number of thioether (sulfide) groups is 1. The fraction of sp³-hybridized carbons (Fsp3) is 0.312. The number of nitrogens with zero attached hydrogens (tertiary/aromatic N) is 2. The van der Waals surface area contributed by atoms with E-state index in [1.807, 2.05) is 0 Å². The molecule has 1 aliphatic heterocycles. The maximum Gasteiger partial charge on any atom is 0.314 e. The highest BCUT2D eigenvalue weighted by Crippen LogP contribution is 2.36. The van der Waals surface area contributed by atoms with Crippen LogP contribution in [0.4, 0.5) is 5.82 Å². The SMILES string of the molecule is C[C@@H](O)CNC(=O)C(=O)Nc1c2c(nn1-c1ccc(Cl)cc1)CSC2. The van der Waals surface area contributed by atoms with Gasteiger partial charge in [-0.3, -0.25) is 9.59 Å². The van der Waals surface area contributed by atoms with Crippen LogP contribution in [-0.2, 0) is 21.1 Å². The van der Waals surface area contributed by atoms with Crippen LogP contribution in [0.3, 0.4) is 0 Å². The summed E-state index contributed by atoms with van der Waals surface area (Å²) in [6.45, 7) is 1.54. The molecule has 0 radical (unpaired) electrons. The molecule has 2 heterocycles. The van der Waals surface area contributed by atoms with E-state index in [-0.39, 0.29) is 6.54 Å². The van der Waals surface area contributed by atoms with Crippen LogP contribution in [0.2, 0.25) is 5.02 Å². The van der Waals surface area contributed by atoms with E-state index in [0.29, 0.717) is 16.6 Å². The van der Waals surface area contributed by atoms with Crippen molar-refractivity contribution in [2.45, 2.75) is 24.5 Å². The van der Waals surface area contributed by atoms with E-state index in [0.717, 1.165) is 22.7 Å². The predicted molar refractivity (Wildman–Crippen MR) is 96.9 cm³/mol. The predicted octanol–water partition coefficient (Wildman–Crippen LogP) is 1.71. The molecule has 25 heavy (non-hydrogen) atoms. The van der Waals surface area contributed by atoms with Gasteiger partial charge in [-0.1, -0.05) is 11.6 Å². The summed E-state index contributed by atoms with van der Waals surface area (Å²) in [4.78, 5) is 24.1. The fourth-order valence-corrected chi connectivity index (χ4v) is 3.56. The van der Waals surface area contributed by atoms with Gasteiger partial charge in [0.05, 0.1) is 17.5 Å². The van der Waals surface area contributed by atoms with Crippen molar-refractivity contribution in [3.05, 3.63) is 40.5 Å². The van der Waals surface area contributed by atoms with Gasteiger partial charge in [-0.15, -0.1) is 0 Å². The molecule has 0 bridgehead atoms. The number of carbonyl (C=O) groups excluding carboxylic acids is 2. The molecular formula is C16H17ClN4O3S. The van der Waals surface area contributed by atoms with E-state index >= 15 is 0 Å². The van der Waals surface area contributed by atoms with Crippen LogP contribution in [0.5, 0.6) is 0 Å². The highest BCUT2D eigenvalue weighted by atomic mass is 35.5. The zero-order chi connectivity index (χ0) is 18.0. The minimum absolute atomic E-state index is 0.0106. The van der Waals surface area contributed by atoms with Gasteiger partial charge >= 0.3 is 11.8 Å². The van der Waals surface area contributed by atoms with Crippen LogP contribution < -0.4 is 10.6 Å². The minimum atomic E-state index is -0.802. The molecule has 7 nitrogen and oxygen atoms in total. The van der Waals surface area contributed by atoms with Crippen molar-refractivity contribution in [2.24, 2.45) is 0 Å². The first kappa shape index (κ1) is 17.8. The molecule has 1 aromatic carbocycles. The molecule has 2 aromatic rings. The summed E-state index contributed by atoms with van der Waals surface area (Å²) in [5.74, 6) is 0.361. The molecular weight excluding hydrogens is 364 g/mol. The fourth-order valence-electron chi connectivity index (χ4n) is 2.40. The lowest BCUT2D eigenvalue weighted by atomic mass is 10.2. The maximum atomic E-state index is 12.2. The van der Waals surface area contributed by atoms with E-state index in [9.17, 15) is 14.7 Å². The number of hydrogen-bond acceptors (Lipinski definition) is 5. The monoisotopic (exact) mass is 380 g/mol. The van der Waals surface area contributed by atoms with Gasteiger partial charge in [0.15, 0.2) is 0 Å². The van der Waals surface area contributed by atoms with Gasteiger partial charge in [0.1, 0.15) is 5.82 Å². The zero-order valence-corrected chi connectivity index (χ0v) is 15.0. The molecule has 3 N–H and O–H groups in total. The molecule has 2 amide bonds. The third-order valence-electron chi connectivity index (χ3n) is 3.62. The van der Waals surface area contributed by atoms with Crippen molar-refractivity contribution in [1.29, 1.82) is 0 Å². The molecule has 0 fully saturated rings. The van der Waals surface area contributed by atoms with Crippen molar-refractivity contribution in [1.82, 2.24) is 15.1 Å². The van der Waals surface area contributed by atoms with Gasteiger partial charge in [0.2, 0.25) is 0 Å². The number of benzene rings is 1. The number of halogens is 1. The van der Waals surface area contributed by atoms with Crippen molar-refractivity contribution in [3.63, 3.8) is 0 Å². The van der Waals surface area contributed by atoms with Gasteiger partial charge in [0.25, 0.3) is 0 Å². The lowest BCUT2D eigenvalue weighted by Crippen LogP contribution is -2.39. The highest BCUT2D eigenvalue weighted by Gasteiger charge is 2.26. The van der Waals surface area contributed by atoms with Crippen molar-refractivity contribution < 1.29 is 14.7 Å². The van der Waals surface area contributed by atoms with E-state index in [1.165, 1.54) is 6.92 Å². The Labute approximate surface area is 153 Å². The second kappa shape index (κ2) is 7.47. The molecule has 9 heteroatoms. The van der Waals surface area contributed by atoms with Crippen molar-refractivity contribution in [3.8, 4) is 5.69 Å². The van der Waals surface area contributed by atoms with Crippen LogP contribution in [0.25, 0.3) is 5.69 Å². The molecule has 1 aromatic heterocycles. The number of aliphatic hydroxyl groups is 1. The van der Waals surface area contributed by atoms with Crippen LogP contribution in [-0.4, -0.2) is 39.4 Å². The topological polar surface area (TPSA) is 96.2 Å². The molecule has 1 aliphatic rings. The van der Waals surface area contributed by atoms with Crippen LogP contribution >= 0.6 is 23.4 Å². The van der Waals surface area contributed by atoms with E-state index in [4.69, 9.17) is 11.6 Å². The molecule has 0 spiro atoms. The van der Waals surface area contributed by atoms with Gasteiger partial charge in [-0.25, -0.2) is 4.68 Å². The first-order chi connectivity index (χ1) is 12.0. The normalized spacial score (nSPS) is 14.0. The zero-order valence-electron chi connectivity index (χ0n) is 13.5. The van der Waals surface area contributed by atoms with Gasteiger partial charge < -0.3 is 15.7 Å². The summed E-state index contributed by atoms with van der Waals surface area (Å²) in [5.41, 5.74) is 2.54. The number of amides is 2. The Morgan fingerprint density at radius 3 is 2.72 bits per heavy atom.